The first kappa shape index (κ1) is 74.1. The molecule has 0 saturated heterocycles. The predicted octanol–water partition coefficient (Wildman–Crippen LogP) is 28.4. The lowest BCUT2D eigenvalue weighted by molar-refractivity contribution is 0.303. The van der Waals surface area contributed by atoms with E-state index < -0.39 is 34.9 Å². The minimum atomic E-state index is -0.798. The Morgan fingerprint density at radius 1 is 0.253 bits per heavy atom. The lowest BCUT2D eigenvalue weighted by Gasteiger charge is -2.29. The largest absolute Gasteiger partial charge is 0.207 e. The summed E-state index contributed by atoms with van der Waals surface area (Å²) >= 11 is 0. The molecule has 0 unspecified atom stereocenters. The third kappa shape index (κ3) is 21.6. The fraction of sp³-hybridized carbons (Fsp3) is 0.455. The molecule has 4 fully saturated rings. The molecule has 7 heteroatoms. The minimum absolute atomic E-state index is 0. The van der Waals surface area contributed by atoms with Crippen LogP contribution in [0.25, 0.3) is 44.5 Å². The van der Waals surface area contributed by atoms with Crippen molar-refractivity contribution in [2.45, 2.75) is 233 Å². The van der Waals surface area contributed by atoms with Crippen molar-refractivity contribution in [3.05, 3.63) is 238 Å². The molecule has 0 bridgehead atoms. The quantitative estimate of drug-likeness (QED) is 0.0593. The molecule has 4 aliphatic rings. The molecule has 0 radical (unpaired) electrons. The van der Waals surface area contributed by atoms with E-state index in [-0.39, 0.29) is 13.2 Å². The van der Waals surface area contributed by atoms with Crippen LogP contribution in [0.1, 0.15) is 254 Å². The summed E-state index contributed by atoms with van der Waals surface area (Å²) in [6.07, 6.45) is 34.6. The van der Waals surface area contributed by atoms with Crippen molar-refractivity contribution < 1.29 is 30.7 Å². The number of unbranched alkanes of at least 4 members (excludes halogenated alkanes) is 3. The zero-order valence-corrected chi connectivity index (χ0v) is 56.8. The highest BCUT2D eigenvalue weighted by atomic mass is 19.2. The van der Waals surface area contributed by atoms with Crippen molar-refractivity contribution in [3.63, 3.8) is 0 Å². The maximum absolute atomic E-state index is 13.8. The molecular weight excluding hydrogens is 1190 g/mol. The van der Waals surface area contributed by atoms with E-state index >= 15 is 0 Å². The normalized spacial score (nSPS) is 20.9. The first-order valence-corrected chi connectivity index (χ1v) is 36.2. The third-order valence-corrected chi connectivity index (χ3v) is 21.6. The Labute approximate surface area is 567 Å². The second kappa shape index (κ2) is 37.7. The SMILES string of the molecule is C.CCC1CCC(c2ccc(-c3ccc(F)c(F)c3)cc2)CC1.CCCC1CCC(c2ccc(-c3ccc(F)c(F)c3)cc2)CC1.CCCCC1CCC(c2ccc(-c3ccc(F)c(F)c3)cc2)CC1.CCCCCC1CCC(c2ccc(-c3ccc(C)c(F)c3)cc2)CC1. The number of hydrogen-bond donors (Lipinski definition) is 0. The van der Waals surface area contributed by atoms with Crippen LogP contribution in [0.4, 0.5) is 30.7 Å². The molecule has 8 aromatic rings. The number of hydrogen-bond acceptors (Lipinski definition) is 0. The maximum Gasteiger partial charge on any atom is 0.159 e. The van der Waals surface area contributed by atoms with E-state index in [0.29, 0.717) is 29.2 Å². The first-order chi connectivity index (χ1) is 45.7. The van der Waals surface area contributed by atoms with E-state index in [1.807, 2.05) is 48.5 Å². The Kier molecular flexibility index (Phi) is 29.4. The summed E-state index contributed by atoms with van der Waals surface area (Å²) in [7, 11) is 0. The van der Waals surface area contributed by atoms with Crippen LogP contribution in [-0.4, -0.2) is 0 Å². The van der Waals surface area contributed by atoms with Crippen molar-refractivity contribution in [2.24, 2.45) is 23.7 Å². The van der Waals surface area contributed by atoms with E-state index in [1.54, 1.807) is 31.2 Å². The number of rotatable bonds is 18. The summed E-state index contributed by atoms with van der Waals surface area (Å²) in [5, 5.41) is 0. The lowest BCUT2D eigenvalue weighted by Crippen LogP contribution is -2.13. The van der Waals surface area contributed by atoms with Crippen molar-refractivity contribution in [3.8, 4) is 44.5 Å². The molecule has 0 spiro atoms. The van der Waals surface area contributed by atoms with Crippen LogP contribution in [0.15, 0.2) is 170 Å². The van der Waals surface area contributed by atoms with Crippen molar-refractivity contribution >= 4 is 0 Å². The molecule has 508 valence electrons. The van der Waals surface area contributed by atoms with Gasteiger partial charge < -0.3 is 0 Å². The summed E-state index contributed by atoms with van der Waals surface area (Å²) in [6.45, 7) is 10.9. The average Bonchev–Trinajstić information content (AvgIpc) is 1.39. The lowest BCUT2D eigenvalue weighted by atomic mass is 9.77. The summed E-state index contributed by atoms with van der Waals surface area (Å²) < 4.78 is 93.0. The Balaban J connectivity index is 0.000000162. The molecule has 0 nitrogen and oxygen atoms in total. The summed E-state index contributed by atoms with van der Waals surface area (Å²) in [4.78, 5) is 0. The number of benzene rings is 8. The fourth-order valence-electron chi connectivity index (χ4n) is 15.4. The van der Waals surface area contributed by atoms with Gasteiger partial charge in [0.25, 0.3) is 0 Å². The maximum atomic E-state index is 13.8. The molecule has 0 aliphatic heterocycles. The van der Waals surface area contributed by atoms with Gasteiger partial charge in [-0.05, 0) is 272 Å². The predicted molar refractivity (Wildman–Crippen MR) is 386 cm³/mol. The van der Waals surface area contributed by atoms with Crippen LogP contribution >= 0.6 is 0 Å². The Morgan fingerprint density at radius 2 is 0.516 bits per heavy atom. The second-order valence-corrected chi connectivity index (χ2v) is 28.0. The first-order valence-electron chi connectivity index (χ1n) is 36.2. The van der Waals surface area contributed by atoms with Gasteiger partial charge in [-0.3, -0.25) is 0 Å². The van der Waals surface area contributed by atoms with Gasteiger partial charge in [0.2, 0.25) is 0 Å². The minimum Gasteiger partial charge on any atom is -0.207 e. The van der Waals surface area contributed by atoms with Crippen LogP contribution in [0.5, 0.6) is 0 Å². The zero-order valence-electron chi connectivity index (χ0n) is 56.8. The molecule has 0 aromatic heterocycles. The Morgan fingerprint density at radius 3 is 0.789 bits per heavy atom. The molecule has 0 N–H and O–H groups in total. The standard InChI is InChI=1S/C24H31F.C22H26F2.C21H24F2.C20H22F2.CH4/c1-3-4-5-6-19-8-11-20(12-9-19)21-13-15-22(16-14-21)23-10-7-18(2)24(25)17-23;1-2-3-4-16-5-7-17(8-6-16)18-9-11-19(12-10-18)20-13-14-21(23)22(24)15-20;1-2-3-15-4-6-16(7-5-15)17-8-10-18(11-9-17)19-12-13-20(22)21(23)14-19;1-2-14-3-5-15(6-4-14)16-7-9-17(10-8-16)18-11-12-19(21)20(22)13-18;/h7,10,13-17,19-20H,3-6,8-9,11-12H2,1-2H3;9-17H,2-8H2,1H3;8-16H,2-7H2,1H3;7-15H,2-6H2,1H3;1H4. The number of aryl methyl sites for hydroxylation is 1. The summed E-state index contributed by atoms with van der Waals surface area (Å²) in [6, 6.07) is 51.7. The van der Waals surface area contributed by atoms with Crippen molar-refractivity contribution in [1.29, 1.82) is 0 Å². The highest BCUT2D eigenvalue weighted by Crippen LogP contribution is 2.42. The van der Waals surface area contributed by atoms with Crippen molar-refractivity contribution in [2.75, 3.05) is 0 Å². The molecule has 4 aliphatic carbocycles. The summed E-state index contributed by atoms with van der Waals surface area (Å²) in [5.74, 6) is 1.48. The van der Waals surface area contributed by atoms with Gasteiger partial charge in [-0.15, -0.1) is 0 Å². The van der Waals surface area contributed by atoms with Gasteiger partial charge in [0.15, 0.2) is 34.9 Å². The van der Waals surface area contributed by atoms with E-state index in [2.05, 4.69) is 88.4 Å². The molecule has 0 amide bonds. The van der Waals surface area contributed by atoms with E-state index in [4.69, 9.17) is 0 Å². The van der Waals surface area contributed by atoms with Gasteiger partial charge >= 0.3 is 0 Å². The van der Waals surface area contributed by atoms with Crippen LogP contribution in [0, 0.1) is 71.3 Å². The van der Waals surface area contributed by atoms with Gasteiger partial charge in [0.05, 0.1) is 0 Å². The van der Waals surface area contributed by atoms with E-state index in [1.165, 1.54) is 226 Å². The van der Waals surface area contributed by atoms with Gasteiger partial charge in [-0.25, -0.2) is 30.7 Å². The van der Waals surface area contributed by atoms with Gasteiger partial charge in [0, 0.05) is 0 Å². The Bertz CT molecular complexity index is 3520. The van der Waals surface area contributed by atoms with Crippen LogP contribution < -0.4 is 0 Å². The van der Waals surface area contributed by atoms with Gasteiger partial charge in [-0.1, -0.05) is 227 Å². The molecular formula is C88H107F7. The average molecular weight is 1300 g/mol. The molecule has 0 heterocycles. The third-order valence-electron chi connectivity index (χ3n) is 21.6. The van der Waals surface area contributed by atoms with Crippen LogP contribution in [-0.2, 0) is 0 Å². The van der Waals surface area contributed by atoms with Gasteiger partial charge in [-0.2, -0.15) is 0 Å². The van der Waals surface area contributed by atoms with Crippen molar-refractivity contribution in [1.82, 2.24) is 0 Å². The molecule has 12 rings (SSSR count). The molecule has 95 heavy (non-hydrogen) atoms. The smallest absolute Gasteiger partial charge is 0.159 e. The Hall–Kier alpha value is -6.73. The zero-order chi connectivity index (χ0) is 66.3. The van der Waals surface area contributed by atoms with Gasteiger partial charge in [0.1, 0.15) is 5.82 Å². The highest BCUT2D eigenvalue weighted by molar-refractivity contribution is 5.67. The number of halogens is 7. The topological polar surface area (TPSA) is 0 Å². The molecule has 0 atom stereocenters. The molecule has 8 aromatic carbocycles. The highest BCUT2D eigenvalue weighted by Gasteiger charge is 2.26. The van der Waals surface area contributed by atoms with E-state index in [9.17, 15) is 30.7 Å². The van der Waals surface area contributed by atoms with Crippen LogP contribution in [0.2, 0.25) is 0 Å². The monoisotopic (exact) mass is 1300 g/mol. The van der Waals surface area contributed by atoms with E-state index in [0.717, 1.165) is 68.2 Å². The summed E-state index contributed by atoms with van der Waals surface area (Å²) in [5.41, 5.74) is 13.4. The second-order valence-electron chi connectivity index (χ2n) is 28.0. The molecule has 4 saturated carbocycles. The fourth-order valence-corrected chi connectivity index (χ4v) is 15.4. The van der Waals surface area contributed by atoms with Crippen LogP contribution in [0.3, 0.4) is 0 Å².